The molecule has 0 unspecified atom stereocenters. The Balaban J connectivity index is 2.50. The van der Waals surface area contributed by atoms with Gasteiger partial charge in [0.2, 0.25) is 6.17 Å². The van der Waals surface area contributed by atoms with Crippen LogP contribution < -0.4 is 0 Å². The van der Waals surface area contributed by atoms with Crippen molar-refractivity contribution in [2.45, 2.75) is 39.0 Å². The van der Waals surface area contributed by atoms with Crippen LogP contribution in [-0.2, 0) is 9.53 Å². The van der Waals surface area contributed by atoms with Crippen molar-refractivity contribution in [2.75, 3.05) is 13.1 Å². The first-order valence-electron chi connectivity index (χ1n) is 5.55. The van der Waals surface area contributed by atoms with Crippen LogP contribution in [0.2, 0.25) is 0 Å². The normalized spacial score (nSPS) is 22.4. The Kier molecular flexibility index (Phi) is 3.95. The van der Waals surface area contributed by atoms with Crippen LogP contribution in [0.4, 0.5) is 9.18 Å². The van der Waals surface area contributed by atoms with Crippen molar-refractivity contribution in [3.63, 3.8) is 0 Å². The lowest BCUT2D eigenvalue weighted by atomic mass is 10.0. The number of carbonyl (C=O) groups is 2. The number of carboxylic acids is 1. The van der Waals surface area contributed by atoms with Crippen LogP contribution in [-0.4, -0.2) is 46.9 Å². The second kappa shape index (κ2) is 4.89. The van der Waals surface area contributed by atoms with Crippen LogP contribution in [0, 0.1) is 5.92 Å². The Morgan fingerprint density at radius 1 is 1.47 bits per heavy atom. The first-order valence-corrected chi connectivity index (χ1v) is 5.55. The number of rotatable bonds is 2. The first kappa shape index (κ1) is 13.7. The summed E-state index contributed by atoms with van der Waals surface area (Å²) in [5.74, 6) is -2.11. The van der Waals surface area contributed by atoms with Gasteiger partial charge in [0.15, 0.2) is 0 Å². The molecule has 6 heteroatoms. The zero-order valence-electron chi connectivity index (χ0n) is 10.3. The smallest absolute Gasteiger partial charge is 0.410 e. The van der Waals surface area contributed by atoms with Crippen molar-refractivity contribution in [3.05, 3.63) is 0 Å². The second-order valence-corrected chi connectivity index (χ2v) is 5.22. The van der Waals surface area contributed by atoms with E-state index in [4.69, 9.17) is 9.84 Å². The number of halogens is 1. The summed E-state index contributed by atoms with van der Waals surface area (Å²) in [4.78, 5) is 23.5. The van der Waals surface area contributed by atoms with Gasteiger partial charge in [0, 0.05) is 19.0 Å². The van der Waals surface area contributed by atoms with Gasteiger partial charge in [0.05, 0.1) is 0 Å². The second-order valence-electron chi connectivity index (χ2n) is 5.22. The summed E-state index contributed by atoms with van der Waals surface area (Å²) in [5.41, 5.74) is -0.600. The number of nitrogens with zero attached hydrogens (tertiary/aromatic N) is 1. The lowest BCUT2D eigenvalue weighted by Crippen LogP contribution is -2.36. The third kappa shape index (κ3) is 3.87. The number of amides is 1. The molecule has 0 aromatic rings. The van der Waals surface area contributed by atoms with Gasteiger partial charge in [-0.2, -0.15) is 0 Å². The Morgan fingerprint density at radius 2 is 2.06 bits per heavy atom. The van der Waals surface area contributed by atoms with Gasteiger partial charge in [0.1, 0.15) is 5.60 Å². The highest BCUT2D eigenvalue weighted by molar-refractivity contribution is 5.73. The van der Waals surface area contributed by atoms with Crippen LogP contribution in [0.1, 0.15) is 27.2 Å². The van der Waals surface area contributed by atoms with Crippen molar-refractivity contribution in [3.8, 4) is 0 Å². The number of hydrogen-bond donors (Lipinski definition) is 1. The van der Waals surface area contributed by atoms with E-state index in [0.717, 1.165) is 0 Å². The minimum absolute atomic E-state index is 0.0996. The molecule has 0 aliphatic carbocycles. The molecule has 2 atom stereocenters. The van der Waals surface area contributed by atoms with E-state index >= 15 is 0 Å². The number of ether oxygens (including phenoxy) is 1. The maximum atomic E-state index is 13.2. The molecule has 1 aliphatic heterocycles. The van der Waals surface area contributed by atoms with Gasteiger partial charge in [-0.3, -0.25) is 0 Å². The molecule has 17 heavy (non-hydrogen) atoms. The molecule has 1 amide bonds. The van der Waals surface area contributed by atoms with E-state index in [1.54, 1.807) is 20.8 Å². The topological polar surface area (TPSA) is 66.8 Å². The molecule has 0 aromatic carbocycles. The monoisotopic (exact) mass is 247 g/mol. The van der Waals surface area contributed by atoms with Crippen LogP contribution in [0.25, 0.3) is 0 Å². The predicted molar refractivity (Wildman–Crippen MR) is 58.4 cm³/mol. The van der Waals surface area contributed by atoms with E-state index in [-0.39, 0.29) is 6.54 Å². The van der Waals surface area contributed by atoms with Crippen molar-refractivity contribution >= 4 is 12.1 Å². The summed E-state index contributed by atoms with van der Waals surface area (Å²) in [6.07, 6.45) is -2.08. The Morgan fingerprint density at radius 3 is 2.53 bits per heavy atom. The molecule has 5 nitrogen and oxygen atoms in total. The molecule has 0 bridgehead atoms. The average molecular weight is 247 g/mol. The Bertz CT molecular complexity index is 313. The molecule has 1 saturated heterocycles. The van der Waals surface area contributed by atoms with Crippen molar-refractivity contribution in [1.29, 1.82) is 0 Å². The minimum atomic E-state index is -1.91. The van der Waals surface area contributed by atoms with E-state index in [1.165, 1.54) is 4.90 Å². The summed E-state index contributed by atoms with van der Waals surface area (Å²) < 4.78 is 18.4. The number of carboxylic acid groups (broad SMARTS) is 1. The summed E-state index contributed by atoms with van der Waals surface area (Å²) in [6.45, 7) is 5.67. The molecule has 1 aliphatic rings. The fourth-order valence-electron chi connectivity index (χ4n) is 1.72. The highest BCUT2D eigenvalue weighted by Crippen LogP contribution is 2.23. The highest BCUT2D eigenvalue weighted by atomic mass is 19.1. The molecule has 0 saturated carbocycles. The lowest BCUT2D eigenvalue weighted by molar-refractivity contribution is -0.144. The van der Waals surface area contributed by atoms with E-state index in [2.05, 4.69) is 0 Å². The fraction of sp³-hybridized carbons (Fsp3) is 0.818. The summed E-state index contributed by atoms with van der Waals surface area (Å²) in [7, 11) is 0. The lowest BCUT2D eigenvalue weighted by Gasteiger charge is -2.24. The summed E-state index contributed by atoms with van der Waals surface area (Å²) >= 11 is 0. The van der Waals surface area contributed by atoms with Crippen molar-refractivity contribution in [2.24, 2.45) is 5.92 Å². The maximum absolute atomic E-state index is 13.2. The van der Waals surface area contributed by atoms with E-state index in [1.807, 2.05) is 0 Å². The third-order valence-corrected chi connectivity index (χ3v) is 2.53. The quantitative estimate of drug-likeness (QED) is 0.806. The number of likely N-dealkylation sites (tertiary alicyclic amines) is 1. The molecule has 0 radical (unpaired) electrons. The van der Waals surface area contributed by atoms with Gasteiger partial charge in [0.25, 0.3) is 0 Å². The Hall–Kier alpha value is -1.33. The highest BCUT2D eigenvalue weighted by Gasteiger charge is 2.37. The largest absolute Gasteiger partial charge is 0.479 e. The predicted octanol–water partition coefficient (Wildman–Crippen LogP) is 1.67. The first-order chi connectivity index (χ1) is 7.70. The molecule has 1 N–H and O–H groups in total. The minimum Gasteiger partial charge on any atom is -0.479 e. The summed E-state index contributed by atoms with van der Waals surface area (Å²) in [6, 6.07) is 0. The van der Waals surface area contributed by atoms with Crippen molar-refractivity contribution < 1.29 is 23.8 Å². The molecular weight excluding hydrogens is 229 g/mol. The van der Waals surface area contributed by atoms with Crippen LogP contribution in [0.15, 0.2) is 0 Å². The molecule has 0 spiro atoms. The fourth-order valence-corrected chi connectivity index (χ4v) is 1.72. The number of hydrogen-bond acceptors (Lipinski definition) is 3. The SMILES string of the molecule is CC(C)(C)OC(=O)N1CC[C@H]([C@H](F)C(=O)O)C1. The van der Waals surface area contributed by atoms with E-state index in [9.17, 15) is 14.0 Å². The molecular formula is C11H18FNO4. The standard InChI is InChI=1S/C11H18FNO4/c1-11(2,3)17-10(16)13-5-4-7(6-13)8(12)9(14)15/h7-8H,4-6H2,1-3H3,(H,14,15)/t7-,8-/m0/s1. The molecule has 1 rings (SSSR count). The number of carbonyl (C=O) groups excluding carboxylic acids is 1. The van der Waals surface area contributed by atoms with E-state index < -0.39 is 29.8 Å². The van der Waals surface area contributed by atoms with Crippen LogP contribution in [0.5, 0.6) is 0 Å². The zero-order valence-corrected chi connectivity index (χ0v) is 10.3. The number of alkyl halides is 1. The maximum Gasteiger partial charge on any atom is 0.410 e. The van der Waals surface area contributed by atoms with Crippen molar-refractivity contribution in [1.82, 2.24) is 4.90 Å². The Labute approximate surface area is 99.5 Å². The van der Waals surface area contributed by atoms with E-state index in [0.29, 0.717) is 13.0 Å². The van der Waals surface area contributed by atoms with Gasteiger partial charge in [-0.05, 0) is 27.2 Å². The molecule has 1 heterocycles. The molecule has 98 valence electrons. The zero-order chi connectivity index (χ0) is 13.2. The van der Waals surface area contributed by atoms with Gasteiger partial charge >= 0.3 is 12.1 Å². The average Bonchev–Trinajstić information content (AvgIpc) is 2.62. The van der Waals surface area contributed by atoms with Gasteiger partial charge in [-0.1, -0.05) is 0 Å². The van der Waals surface area contributed by atoms with Gasteiger partial charge in [-0.15, -0.1) is 0 Å². The molecule has 1 fully saturated rings. The van der Waals surface area contributed by atoms with Crippen LogP contribution in [0.3, 0.4) is 0 Å². The summed E-state index contributed by atoms with van der Waals surface area (Å²) in [5, 5.41) is 8.54. The van der Waals surface area contributed by atoms with Gasteiger partial charge in [-0.25, -0.2) is 14.0 Å². The van der Waals surface area contributed by atoms with Gasteiger partial charge < -0.3 is 14.7 Å². The third-order valence-electron chi connectivity index (χ3n) is 2.53. The van der Waals surface area contributed by atoms with Crippen LogP contribution >= 0.6 is 0 Å². The molecule has 0 aromatic heterocycles. The number of aliphatic carboxylic acids is 1.